The zero-order chi connectivity index (χ0) is 15.4. The Hall–Kier alpha value is -0.490. The molecule has 1 aliphatic carbocycles. The molecule has 0 radical (unpaired) electrons. The van der Waals surface area contributed by atoms with Crippen LogP contribution in [0.25, 0.3) is 0 Å². The van der Waals surface area contributed by atoms with Gasteiger partial charge in [-0.1, -0.05) is 6.92 Å². The van der Waals surface area contributed by atoms with Gasteiger partial charge in [0, 0.05) is 24.7 Å². The Balaban J connectivity index is 1.81. The molecule has 0 amide bonds. The standard InChI is InChI=1S/C16H30N2O3/c1-3-13-5-4-12(2)17(10-13)11-16(19)14-6-8-15(9-7-14)18(20)21/h12-15,18,20H,3-11H2,1-2H3/p+1. The Bertz CT molecular complexity index is 340. The minimum absolute atomic E-state index is 0.113. The van der Waals surface area contributed by atoms with Crippen LogP contribution >= 0.6 is 0 Å². The van der Waals surface area contributed by atoms with Gasteiger partial charge in [0.15, 0.2) is 5.78 Å². The summed E-state index contributed by atoms with van der Waals surface area (Å²) >= 11 is 0. The van der Waals surface area contributed by atoms with Crippen LogP contribution in [0, 0.1) is 17.0 Å². The smallest absolute Gasteiger partial charge is 0.189 e. The molecule has 0 bridgehead atoms. The van der Waals surface area contributed by atoms with Crippen LogP contribution < -0.4 is 10.1 Å². The van der Waals surface area contributed by atoms with E-state index in [1.807, 2.05) is 0 Å². The van der Waals surface area contributed by atoms with E-state index in [0.29, 0.717) is 31.2 Å². The first-order chi connectivity index (χ1) is 10.0. The highest BCUT2D eigenvalue weighted by Gasteiger charge is 2.34. The fourth-order valence-corrected chi connectivity index (χ4v) is 3.99. The average molecular weight is 299 g/mol. The Labute approximate surface area is 127 Å². The monoisotopic (exact) mass is 299 g/mol. The van der Waals surface area contributed by atoms with Crippen molar-refractivity contribution in [2.24, 2.45) is 11.8 Å². The van der Waals surface area contributed by atoms with Gasteiger partial charge in [-0.3, -0.25) is 4.79 Å². The average Bonchev–Trinajstić information content (AvgIpc) is 2.49. The van der Waals surface area contributed by atoms with E-state index >= 15 is 0 Å². The predicted molar refractivity (Wildman–Crippen MR) is 80.0 cm³/mol. The molecular weight excluding hydrogens is 268 g/mol. The number of likely N-dealkylation sites (tertiary alicyclic amines) is 1. The highest BCUT2D eigenvalue weighted by Crippen LogP contribution is 2.23. The first-order valence-electron chi connectivity index (χ1n) is 8.61. The van der Waals surface area contributed by atoms with Crippen molar-refractivity contribution in [3.05, 3.63) is 5.21 Å². The van der Waals surface area contributed by atoms with Crippen molar-refractivity contribution in [1.29, 1.82) is 0 Å². The lowest BCUT2D eigenvalue weighted by molar-refractivity contribution is -1.07. The summed E-state index contributed by atoms with van der Waals surface area (Å²) in [7, 11) is 0. The van der Waals surface area contributed by atoms with E-state index < -0.39 is 5.23 Å². The van der Waals surface area contributed by atoms with Gasteiger partial charge in [0.2, 0.25) is 0 Å². The first-order valence-corrected chi connectivity index (χ1v) is 8.61. The number of piperidine rings is 1. The van der Waals surface area contributed by atoms with Crippen molar-refractivity contribution >= 4 is 5.78 Å². The summed E-state index contributed by atoms with van der Waals surface area (Å²) in [5, 5.41) is 19.3. The number of Topliss-reactive ketones (excluding diaryl/α,β-unsaturated/α-hetero) is 1. The van der Waals surface area contributed by atoms with Gasteiger partial charge in [0.25, 0.3) is 0 Å². The summed E-state index contributed by atoms with van der Waals surface area (Å²) in [6.45, 7) is 6.29. The van der Waals surface area contributed by atoms with Gasteiger partial charge in [-0.2, -0.15) is 0 Å². The minimum atomic E-state index is -0.693. The van der Waals surface area contributed by atoms with Crippen LogP contribution in [0.1, 0.15) is 58.8 Å². The van der Waals surface area contributed by atoms with Gasteiger partial charge in [-0.25, -0.2) is 10.4 Å². The number of quaternary nitrogens is 2. The van der Waals surface area contributed by atoms with Crippen molar-refractivity contribution in [2.75, 3.05) is 13.1 Å². The number of carbonyl (C=O) groups is 1. The number of hydroxylamine groups is 2. The Kier molecular flexibility index (Phi) is 6.17. The summed E-state index contributed by atoms with van der Waals surface area (Å²) in [6.07, 6.45) is 6.64. The van der Waals surface area contributed by atoms with E-state index in [9.17, 15) is 10.0 Å². The number of rotatable bonds is 5. The topological polar surface area (TPSA) is 69.2 Å². The summed E-state index contributed by atoms with van der Waals surface area (Å²) < 4.78 is 0. The maximum Gasteiger partial charge on any atom is 0.189 e. The maximum atomic E-state index is 12.5. The zero-order valence-electron chi connectivity index (χ0n) is 13.4. The predicted octanol–water partition coefficient (Wildman–Crippen LogP) is -0.0204. The van der Waals surface area contributed by atoms with E-state index in [1.165, 1.54) is 24.2 Å². The molecule has 122 valence electrons. The van der Waals surface area contributed by atoms with E-state index in [-0.39, 0.29) is 12.0 Å². The lowest BCUT2D eigenvalue weighted by Crippen LogP contribution is -3.17. The van der Waals surface area contributed by atoms with Crippen LogP contribution in [0.4, 0.5) is 0 Å². The van der Waals surface area contributed by atoms with E-state index in [2.05, 4.69) is 13.8 Å². The van der Waals surface area contributed by atoms with Crippen molar-refractivity contribution in [2.45, 2.75) is 70.9 Å². The van der Waals surface area contributed by atoms with Gasteiger partial charge < -0.3 is 10.1 Å². The Morgan fingerprint density at radius 3 is 2.48 bits per heavy atom. The van der Waals surface area contributed by atoms with Crippen LogP contribution in [0.5, 0.6) is 0 Å². The van der Waals surface area contributed by atoms with Gasteiger partial charge in [-0.15, -0.1) is 0 Å². The van der Waals surface area contributed by atoms with Gasteiger partial charge in [-0.05, 0) is 39.0 Å². The minimum Gasteiger partial charge on any atom is -0.600 e. The molecule has 1 aliphatic heterocycles. The quantitative estimate of drug-likeness (QED) is 0.625. The number of hydrogen-bond donors (Lipinski definition) is 3. The molecule has 1 saturated heterocycles. The molecule has 1 heterocycles. The van der Waals surface area contributed by atoms with Crippen molar-refractivity contribution in [3.8, 4) is 0 Å². The molecule has 0 aromatic rings. The molecule has 4 unspecified atom stereocenters. The van der Waals surface area contributed by atoms with Gasteiger partial charge >= 0.3 is 0 Å². The second-order valence-corrected chi connectivity index (χ2v) is 7.14. The van der Waals surface area contributed by atoms with Crippen molar-refractivity contribution < 1.29 is 20.1 Å². The van der Waals surface area contributed by atoms with E-state index in [0.717, 1.165) is 25.3 Å². The third-order valence-electron chi connectivity index (χ3n) is 5.77. The van der Waals surface area contributed by atoms with Crippen LogP contribution in [0.15, 0.2) is 0 Å². The van der Waals surface area contributed by atoms with E-state index in [4.69, 9.17) is 5.21 Å². The maximum absolute atomic E-state index is 12.5. The number of carbonyl (C=O) groups excluding carboxylic acids is 1. The van der Waals surface area contributed by atoms with Crippen LogP contribution in [-0.4, -0.2) is 36.2 Å². The summed E-state index contributed by atoms with van der Waals surface area (Å²) in [4.78, 5) is 14.0. The molecule has 5 heteroatoms. The van der Waals surface area contributed by atoms with E-state index in [1.54, 1.807) is 0 Å². The molecule has 4 atom stereocenters. The fourth-order valence-electron chi connectivity index (χ4n) is 3.99. The molecule has 5 nitrogen and oxygen atoms in total. The highest BCUT2D eigenvalue weighted by molar-refractivity contribution is 5.82. The summed E-state index contributed by atoms with van der Waals surface area (Å²) in [5.41, 5.74) is 0. The molecule has 21 heavy (non-hydrogen) atoms. The van der Waals surface area contributed by atoms with Crippen LogP contribution in [-0.2, 0) is 4.79 Å². The number of ketones is 1. The second kappa shape index (κ2) is 7.68. The molecule has 0 aromatic carbocycles. The lowest BCUT2D eigenvalue weighted by Gasteiger charge is -2.36. The first kappa shape index (κ1) is 16.9. The van der Waals surface area contributed by atoms with Crippen molar-refractivity contribution in [3.63, 3.8) is 0 Å². The molecule has 2 fully saturated rings. The molecular formula is C16H31N2O3+. The molecule has 3 N–H and O–H groups in total. The fraction of sp³-hybridized carbons (Fsp3) is 0.938. The molecule has 1 saturated carbocycles. The lowest BCUT2D eigenvalue weighted by atomic mass is 9.83. The Morgan fingerprint density at radius 1 is 1.24 bits per heavy atom. The zero-order valence-corrected chi connectivity index (χ0v) is 13.4. The normalized spacial score (nSPS) is 39.0. The Morgan fingerprint density at radius 2 is 1.90 bits per heavy atom. The second-order valence-electron chi connectivity index (χ2n) is 7.14. The molecule has 0 spiro atoms. The summed E-state index contributed by atoms with van der Waals surface area (Å²) in [5.74, 6) is 1.26. The highest BCUT2D eigenvalue weighted by atomic mass is 16.8. The number of nitrogens with one attached hydrogen (secondary N) is 2. The van der Waals surface area contributed by atoms with Gasteiger partial charge in [0.05, 0.1) is 12.6 Å². The molecule has 0 aromatic heterocycles. The van der Waals surface area contributed by atoms with Crippen molar-refractivity contribution in [1.82, 2.24) is 0 Å². The summed E-state index contributed by atoms with van der Waals surface area (Å²) in [6, 6.07) is 0.367. The largest absolute Gasteiger partial charge is 0.600 e. The van der Waals surface area contributed by atoms with Crippen LogP contribution in [0.2, 0.25) is 0 Å². The molecule has 2 aliphatic rings. The molecule has 2 rings (SSSR count). The van der Waals surface area contributed by atoms with Crippen LogP contribution in [0.3, 0.4) is 0 Å². The third kappa shape index (κ3) is 4.49. The number of hydrogen-bond acceptors (Lipinski definition) is 3. The van der Waals surface area contributed by atoms with Gasteiger partial charge in [0.1, 0.15) is 12.6 Å². The third-order valence-corrected chi connectivity index (χ3v) is 5.77. The SMILES string of the molecule is CCC1CCC(C)[NH+](CC(=O)C2CCC([NH+]([O-])O)CC2)C1.